The third kappa shape index (κ3) is 3.47. The van der Waals surface area contributed by atoms with E-state index < -0.39 is 10.8 Å². The highest BCUT2D eigenvalue weighted by Crippen LogP contribution is 2.22. The number of rotatable bonds is 5. The molecule has 21 heavy (non-hydrogen) atoms. The Hall–Kier alpha value is -3.09. The zero-order chi connectivity index (χ0) is 15.2. The average molecular weight is 287 g/mol. The van der Waals surface area contributed by atoms with Crippen LogP contribution in [-0.4, -0.2) is 17.9 Å². The number of nitro groups is 1. The van der Waals surface area contributed by atoms with Gasteiger partial charge in [-0.05, 0) is 30.3 Å². The molecule has 0 aromatic heterocycles. The lowest BCUT2D eigenvalue weighted by molar-refractivity contribution is -0.384. The molecule has 2 N–H and O–H groups in total. The number of carbonyl (C=O) groups is 1. The van der Waals surface area contributed by atoms with Gasteiger partial charge in [-0.2, -0.15) is 0 Å². The number of nitro benzene ring substituents is 1. The van der Waals surface area contributed by atoms with Gasteiger partial charge in [0.1, 0.15) is 11.4 Å². The van der Waals surface area contributed by atoms with E-state index in [1.807, 2.05) is 0 Å². The summed E-state index contributed by atoms with van der Waals surface area (Å²) in [4.78, 5) is 22.2. The van der Waals surface area contributed by atoms with Crippen molar-refractivity contribution in [2.24, 2.45) is 0 Å². The minimum Gasteiger partial charge on any atom is -0.497 e. The minimum absolute atomic E-state index is 0.118. The van der Waals surface area contributed by atoms with Crippen LogP contribution < -0.4 is 15.6 Å². The summed E-state index contributed by atoms with van der Waals surface area (Å²) in [6.07, 6.45) is 0. The molecule has 0 radical (unpaired) electrons. The van der Waals surface area contributed by atoms with Crippen LogP contribution in [0.15, 0.2) is 48.5 Å². The van der Waals surface area contributed by atoms with Crippen molar-refractivity contribution < 1.29 is 14.5 Å². The number of carbonyl (C=O) groups excluding carboxylic acids is 1. The Bertz CT molecular complexity index is 656. The van der Waals surface area contributed by atoms with E-state index in [0.29, 0.717) is 11.3 Å². The Morgan fingerprint density at radius 3 is 2.43 bits per heavy atom. The first-order chi connectivity index (χ1) is 10.1. The topological polar surface area (TPSA) is 93.5 Å². The lowest BCUT2D eigenvalue weighted by Gasteiger charge is -2.09. The van der Waals surface area contributed by atoms with E-state index in [4.69, 9.17) is 4.74 Å². The number of hydrogen-bond donors (Lipinski definition) is 2. The number of nitrogens with zero attached hydrogens (tertiary/aromatic N) is 1. The summed E-state index contributed by atoms with van der Waals surface area (Å²) < 4.78 is 5.00. The molecular formula is C14H13N3O4. The first kappa shape index (κ1) is 14.3. The van der Waals surface area contributed by atoms with Crippen LogP contribution in [0.3, 0.4) is 0 Å². The lowest BCUT2D eigenvalue weighted by atomic mass is 10.2. The fourth-order valence-electron chi connectivity index (χ4n) is 1.68. The molecule has 108 valence electrons. The summed E-state index contributed by atoms with van der Waals surface area (Å²) >= 11 is 0. The Labute approximate surface area is 120 Å². The summed E-state index contributed by atoms with van der Waals surface area (Å²) in [7, 11) is 1.53. The molecule has 2 aromatic carbocycles. The molecule has 0 saturated heterocycles. The molecule has 2 aromatic rings. The van der Waals surface area contributed by atoms with Gasteiger partial charge in [0.05, 0.1) is 12.0 Å². The summed E-state index contributed by atoms with van der Waals surface area (Å²) in [5.41, 5.74) is 5.46. The first-order valence-corrected chi connectivity index (χ1v) is 6.05. The van der Waals surface area contributed by atoms with Crippen molar-refractivity contribution >= 4 is 17.3 Å². The predicted molar refractivity (Wildman–Crippen MR) is 77.2 cm³/mol. The van der Waals surface area contributed by atoms with E-state index in [1.54, 1.807) is 36.4 Å². The van der Waals surface area contributed by atoms with Gasteiger partial charge in [0, 0.05) is 11.6 Å². The van der Waals surface area contributed by atoms with Gasteiger partial charge < -0.3 is 4.74 Å². The smallest absolute Gasteiger partial charge is 0.294 e. The second kappa shape index (κ2) is 6.38. The Morgan fingerprint density at radius 2 is 1.81 bits per heavy atom. The standard InChI is InChI=1S/C14H13N3O4/c1-21-11-8-6-10(7-9-11)14(18)16-15-12-4-2-3-5-13(12)17(19)20/h2-9,15H,1H3,(H,16,18). The van der Waals surface area contributed by atoms with Gasteiger partial charge in [0.2, 0.25) is 0 Å². The van der Waals surface area contributed by atoms with Crippen LogP contribution in [0.4, 0.5) is 11.4 Å². The molecule has 0 unspecified atom stereocenters. The third-order valence-corrected chi connectivity index (χ3v) is 2.76. The van der Waals surface area contributed by atoms with Crippen LogP contribution in [0, 0.1) is 10.1 Å². The number of anilines is 1. The number of hydrazine groups is 1. The maximum Gasteiger partial charge on any atom is 0.294 e. The van der Waals surface area contributed by atoms with E-state index in [2.05, 4.69) is 10.9 Å². The van der Waals surface area contributed by atoms with Gasteiger partial charge in [0.15, 0.2) is 0 Å². The number of nitrogens with one attached hydrogen (secondary N) is 2. The summed E-state index contributed by atoms with van der Waals surface area (Å²) in [6.45, 7) is 0. The zero-order valence-electron chi connectivity index (χ0n) is 11.2. The fourth-order valence-corrected chi connectivity index (χ4v) is 1.68. The van der Waals surface area contributed by atoms with Gasteiger partial charge in [0.25, 0.3) is 11.6 Å². The van der Waals surface area contributed by atoms with Crippen molar-refractivity contribution in [3.05, 3.63) is 64.2 Å². The number of amides is 1. The molecule has 0 aliphatic rings. The van der Waals surface area contributed by atoms with Crippen LogP contribution in [0.5, 0.6) is 5.75 Å². The molecule has 7 heteroatoms. The largest absolute Gasteiger partial charge is 0.497 e. The molecular weight excluding hydrogens is 274 g/mol. The molecule has 0 atom stereocenters. The van der Waals surface area contributed by atoms with E-state index in [1.165, 1.54) is 19.2 Å². The maximum atomic E-state index is 11.9. The lowest BCUT2D eigenvalue weighted by Crippen LogP contribution is -2.29. The van der Waals surface area contributed by atoms with E-state index in [9.17, 15) is 14.9 Å². The summed E-state index contributed by atoms with van der Waals surface area (Å²) in [5, 5.41) is 10.8. The normalized spacial score (nSPS) is 9.76. The number of para-hydroxylation sites is 2. The van der Waals surface area contributed by atoms with Crippen molar-refractivity contribution in [3.8, 4) is 5.75 Å². The predicted octanol–water partition coefficient (Wildman–Crippen LogP) is 2.36. The quantitative estimate of drug-likeness (QED) is 0.650. The maximum absolute atomic E-state index is 11.9. The van der Waals surface area contributed by atoms with Gasteiger partial charge in [-0.25, -0.2) is 0 Å². The molecule has 7 nitrogen and oxygen atoms in total. The third-order valence-electron chi connectivity index (χ3n) is 2.76. The second-order valence-electron chi connectivity index (χ2n) is 4.08. The highest BCUT2D eigenvalue weighted by Gasteiger charge is 2.13. The highest BCUT2D eigenvalue weighted by atomic mass is 16.6. The Kier molecular flexibility index (Phi) is 4.35. The van der Waals surface area contributed by atoms with Crippen molar-refractivity contribution in [1.29, 1.82) is 0 Å². The number of benzene rings is 2. The van der Waals surface area contributed by atoms with Crippen molar-refractivity contribution in [2.45, 2.75) is 0 Å². The Morgan fingerprint density at radius 1 is 1.14 bits per heavy atom. The summed E-state index contributed by atoms with van der Waals surface area (Å²) in [6, 6.07) is 12.5. The minimum atomic E-state index is -0.526. The van der Waals surface area contributed by atoms with Crippen LogP contribution in [0.25, 0.3) is 0 Å². The van der Waals surface area contributed by atoms with E-state index >= 15 is 0 Å². The molecule has 0 bridgehead atoms. The Balaban J connectivity index is 2.05. The number of methoxy groups -OCH3 is 1. The van der Waals surface area contributed by atoms with Gasteiger partial charge in [-0.1, -0.05) is 12.1 Å². The monoisotopic (exact) mass is 287 g/mol. The van der Waals surface area contributed by atoms with Crippen LogP contribution in [-0.2, 0) is 0 Å². The van der Waals surface area contributed by atoms with Gasteiger partial charge >= 0.3 is 0 Å². The van der Waals surface area contributed by atoms with Crippen molar-refractivity contribution in [1.82, 2.24) is 5.43 Å². The fraction of sp³-hybridized carbons (Fsp3) is 0.0714. The molecule has 0 heterocycles. The van der Waals surface area contributed by atoms with Crippen molar-refractivity contribution in [2.75, 3.05) is 12.5 Å². The number of ether oxygens (including phenoxy) is 1. The highest BCUT2D eigenvalue weighted by molar-refractivity contribution is 5.95. The SMILES string of the molecule is COc1ccc(C(=O)NNc2ccccc2[N+](=O)[O-])cc1. The second-order valence-corrected chi connectivity index (χ2v) is 4.08. The molecule has 0 fully saturated rings. The first-order valence-electron chi connectivity index (χ1n) is 6.05. The van der Waals surface area contributed by atoms with E-state index in [0.717, 1.165) is 0 Å². The van der Waals surface area contributed by atoms with Crippen molar-refractivity contribution in [3.63, 3.8) is 0 Å². The van der Waals surface area contributed by atoms with Gasteiger partial charge in [-0.3, -0.25) is 25.8 Å². The van der Waals surface area contributed by atoms with Gasteiger partial charge in [-0.15, -0.1) is 0 Å². The van der Waals surface area contributed by atoms with Crippen LogP contribution in [0.2, 0.25) is 0 Å². The zero-order valence-corrected chi connectivity index (χ0v) is 11.2. The molecule has 0 aliphatic heterocycles. The average Bonchev–Trinajstić information content (AvgIpc) is 2.52. The number of hydrogen-bond acceptors (Lipinski definition) is 5. The molecule has 0 saturated carbocycles. The van der Waals surface area contributed by atoms with Crippen LogP contribution in [0.1, 0.15) is 10.4 Å². The molecule has 1 amide bonds. The van der Waals surface area contributed by atoms with E-state index in [-0.39, 0.29) is 11.4 Å². The summed E-state index contributed by atoms with van der Waals surface area (Å²) in [5.74, 6) is 0.231. The molecule has 0 spiro atoms. The van der Waals surface area contributed by atoms with Crippen LogP contribution >= 0.6 is 0 Å². The molecule has 0 aliphatic carbocycles. The molecule has 2 rings (SSSR count).